The number of aryl methyl sites for hydroxylation is 1. The molecule has 1 aromatic heterocycles. The highest BCUT2D eigenvalue weighted by molar-refractivity contribution is 5.93. The summed E-state index contributed by atoms with van der Waals surface area (Å²) in [5, 5.41) is 3.44. The summed E-state index contributed by atoms with van der Waals surface area (Å²) in [6.07, 6.45) is 2.77. The molecule has 16 heavy (non-hydrogen) atoms. The third-order valence-electron chi connectivity index (χ3n) is 3.71. The number of carbonyl (C=O) groups excluding carboxylic acids is 1. The van der Waals surface area contributed by atoms with Crippen molar-refractivity contribution in [1.29, 1.82) is 0 Å². The van der Waals surface area contributed by atoms with Crippen LogP contribution in [0, 0.1) is 12.8 Å². The standard InChI is InChI=1S/C12H16N2O2/c1-8-3-5-16-11(8)12(15)14-6-9-2-4-13-10(9)7-14/h3,5,9-10,13H,2,4,6-7H2,1H3/t9-,10+/m0/s1. The van der Waals surface area contributed by atoms with Crippen molar-refractivity contribution in [3.8, 4) is 0 Å². The molecule has 0 unspecified atom stereocenters. The summed E-state index contributed by atoms with van der Waals surface area (Å²) in [7, 11) is 0. The summed E-state index contributed by atoms with van der Waals surface area (Å²) in [6, 6.07) is 2.33. The number of nitrogens with one attached hydrogen (secondary N) is 1. The maximum atomic E-state index is 12.2. The summed E-state index contributed by atoms with van der Waals surface area (Å²) < 4.78 is 5.25. The van der Waals surface area contributed by atoms with Crippen LogP contribution in [-0.4, -0.2) is 36.5 Å². The third-order valence-corrected chi connectivity index (χ3v) is 3.71. The van der Waals surface area contributed by atoms with Crippen LogP contribution in [0.1, 0.15) is 22.5 Å². The minimum absolute atomic E-state index is 0.0405. The van der Waals surface area contributed by atoms with Crippen LogP contribution in [0.25, 0.3) is 0 Å². The maximum Gasteiger partial charge on any atom is 0.289 e. The van der Waals surface area contributed by atoms with Crippen molar-refractivity contribution in [3.05, 3.63) is 23.7 Å². The maximum absolute atomic E-state index is 12.2. The van der Waals surface area contributed by atoms with Gasteiger partial charge >= 0.3 is 0 Å². The smallest absolute Gasteiger partial charge is 0.289 e. The number of nitrogens with zero attached hydrogens (tertiary/aromatic N) is 1. The van der Waals surface area contributed by atoms with Gasteiger partial charge in [-0.1, -0.05) is 0 Å². The van der Waals surface area contributed by atoms with Crippen molar-refractivity contribution >= 4 is 5.91 Å². The molecule has 0 radical (unpaired) electrons. The number of carbonyl (C=O) groups is 1. The lowest BCUT2D eigenvalue weighted by Crippen LogP contribution is -2.34. The van der Waals surface area contributed by atoms with E-state index >= 15 is 0 Å². The van der Waals surface area contributed by atoms with E-state index in [-0.39, 0.29) is 5.91 Å². The Morgan fingerprint density at radius 2 is 2.44 bits per heavy atom. The van der Waals surface area contributed by atoms with E-state index in [4.69, 9.17) is 4.42 Å². The first-order chi connectivity index (χ1) is 7.75. The molecule has 0 spiro atoms. The molecule has 0 bridgehead atoms. The second-order valence-corrected chi connectivity index (χ2v) is 4.75. The highest BCUT2D eigenvalue weighted by Gasteiger charge is 2.38. The fraction of sp³-hybridized carbons (Fsp3) is 0.583. The highest BCUT2D eigenvalue weighted by atomic mass is 16.3. The van der Waals surface area contributed by atoms with E-state index < -0.39 is 0 Å². The first-order valence-corrected chi connectivity index (χ1v) is 5.82. The Labute approximate surface area is 94.6 Å². The number of rotatable bonds is 1. The predicted octanol–water partition coefficient (Wildman–Crippen LogP) is 1.02. The fourth-order valence-electron chi connectivity index (χ4n) is 2.75. The van der Waals surface area contributed by atoms with Gasteiger partial charge in [0.1, 0.15) is 0 Å². The average molecular weight is 220 g/mol. The Hall–Kier alpha value is -1.29. The van der Waals surface area contributed by atoms with Crippen LogP contribution >= 0.6 is 0 Å². The van der Waals surface area contributed by atoms with E-state index in [1.807, 2.05) is 17.9 Å². The molecule has 1 amide bonds. The van der Waals surface area contributed by atoms with Gasteiger partial charge in [-0.3, -0.25) is 4.79 Å². The van der Waals surface area contributed by atoms with Gasteiger partial charge < -0.3 is 14.6 Å². The summed E-state index contributed by atoms with van der Waals surface area (Å²) in [5.41, 5.74) is 0.926. The zero-order chi connectivity index (χ0) is 11.1. The molecule has 2 aliphatic rings. The summed E-state index contributed by atoms with van der Waals surface area (Å²) >= 11 is 0. The van der Waals surface area contributed by atoms with Gasteiger partial charge in [-0.2, -0.15) is 0 Å². The first kappa shape index (κ1) is 9.90. The van der Waals surface area contributed by atoms with Crippen LogP contribution in [-0.2, 0) is 0 Å². The van der Waals surface area contributed by atoms with Crippen molar-refractivity contribution in [2.45, 2.75) is 19.4 Å². The molecule has 2 fully saturated rings. The van der Waals surface area contributed by atoms with E-state index in [2.05, 4.69) is 5.32 Å². The molecule has 4 heteroatoms. The van der Waals surface area contributed by atoms with Crippen LogP contribution in [0.4, 0.5) is 0 Å². The second-order valence-electron chi connectivity index (χ2n) is 4.75. The van der Waals surface area contributed by atoms with E-state index in [0.717, 1.165) is 25.2 Å². The molecule has 3 rings (SSSR count). The summed E-state index contributed by atoms with van der Waals surface area (Å²) in [4.78, 5) is 14.1. The number of furan rings is 1. The minimum Gasteiger partial charge on any atom is -0.459 e. The van der Waals surface area contributed by atoms with Crippen molar-refractivity contribution in [2.75, 3.05) is 19.6 Å². The van der Waals surface area contributed by atoms with Gasteiger partial charge in [-0.25, -0.2) is 0 Å². The molecule has 1 N–H and O–H groups in total. The average Bonchev–Trinajstić information content (AvgIpc) is 2.89. The minimum atomic E-state index is 0.0405. The fourth-order valence-corrected chi connectivity index (χ4v) is 2.75. The largest absolute Gasteiger partial charge is 0.459 e. The quantitative estimate of drug-likeness (QED) is 0.768. The van der Waals surface area contributed by atoms with E-state index in [9.17, 15) is 4.79 Å². The molecule has 3 heterocycles. The van der Waals surface area contributed by atoms with Crippen molar-refractivity contribution in [2.24, 2.45) is 5.92 Å². The Morgan fingerprint density at radius 1 is 1.56 bits per heavy atom. The van der Waals surface area contributed by atoms with E-state index in [0.29, 0.717) is 17.7 Å². The molecule has 1 aromatic rings. The zero-order valence-corrected chi connectivity index (χ0v) is 9.40. The van der Waals surface area contributed by atoms with Crippen LogP contribution in [0.3, 0.4) is 0 Å². The second kappa shape index (κ2) is 3.63. The molecule has 0 aliphatic carbocycles. The number of amides is 1. The summed E-state index contributed by atoms with van der Waals surface area (Å²) in [5.74, 6) is 1.18. The van der Waals surface area contributed by atoms with E-state index in [1.165, 1.54) is 6.42 Å². The Bertz CT molecular complexity index is 401. The zero-order valence-electron chi connectivity index (χ0n) is 9.40. The van der Waals surface area contributed by atoms with Gasteiger partial charge in [0.25, 0.3) is 5.91 Å². The molecular formula is C12H16N2O2. The van der Waals surface area contributed by atoms with Crippen molar-refractivity contribution in [1.82, 2.24) is 10.2 Å². The van der Waals surface area contributed by atoms with Crippen LogP contribution < -0.4 is 5.32 Å². The lowest BCUT2D eigenvalue weighted by atomic mass is 10.1. The molecule has 86 valence electrons. The van der Waals surface area contributed by atoms with Crippen LogP contribution in [0.2, 0.25) is 0 Å². The van der Waals surface area contributed by atoms with Gasteiger partial charge in [0, 0.05) is 24.7 Å². The molecule has 4 nitrogen and oxygen atoms in total. The van der Waals surface area contributed by atoms with Gasteiger partial charge in [-0.05, 0) is 31.9 Å². The number of fused-ring (bicyclic) bond motifs is 1. The Balaban J connectivity index is 1.75. The lowest BCUT2D eigenvalue weighted by molar-refractivity contribution is 0.0750. The molecule has 0 aromatic carbocycles. The lowest BCUT2D eigenvalue weighted by Gasteiger charge is -2.16. The van der Waals surface area contributed by atoms with Gasteiger partial charge in [0.2, 0.25) is 0 Å². The molecular weight excluding hydrogens is 204 g/mol. The van der Waals surface area contributed by atoms with Gasteiger partial charge in [-0.15, -0.1) is 0 Å². The van der Waals surface area contributed by atoms with Gasteiger partial charge in [0.15, 0.2) is 5.76 Å². The normalized spacial score (nSPS) is 28.4. The Kier molecular flexibility index (Phi) is 2.24. The topological polar surface area (TPSA) is 45.5 Å². The predicted molar refractivity (Wildman–Crippen MR) is 59.2 cm³/mol. The molecule has 2 aliphatic heterocycles. The SMILES string of the molecule is Cc1ccoc1C(=O)N1C[C@@H]2CCN[C@@H]2C1. The first-order valence-electron chi connectivity index (χ1n) is 5.82. The Morgan fingerprint density at radius 3 is 3.12 bits per heavy atom. The summed E-state index contributed by atoms with van der Waals surface area (Å²) in [6.45, 7) is 4.70. The number of likely N-dealkylation sites (tertiary alicyclic amines) is 1. The highest BCUT2D eigenvalue weighted by Crippen LogP contribution is 2.26. The van der Waals surface area contributed by atoms with Crippen molar-refractivity contribution < 1.29 is 9.21 Å². The third kappa shape index (κ3) is 1.45. The molecule has 2 saturated heterocycles. The van der Waals surface area contributed by atoms with Gasteiger partial charge in [0.05, 0.1) is 6.26 Å². The van der Waals surface area contributed by atoms with Crippen LogP contribution in [0.5, 0.6) is 0 Å². The van der Waals surface area contributed by atoms with Crippen LogP contribution in [0.15, 0.2) is 16.7 Å². The monoisotopic (exact) mass is 220 g/mol. The molecule has 0 saturated carbocycles. The number of hydrogen-bond donors (Lipinski definition) is 1. The number of hydrogen-bond acceptors (Lipinski definition) is 3. The van der Waals surface area contributed by atoms with Crippen molar-refractivity contribution in [3.63, 3.8) is 0 Å². The van der Waals surface area contributed by atoms with E-state index in [1.54, 1.807) is 6.26 Å². The molecule has 2 atom stereocenters.